The van der Waals surface area contributed by atoms with E-state index < -0.39 is 5.82 Å². The van der Waals surface area contributed by atoms with Crippen LogP contribution in [0.2, 0.25) is 10.0 Å². The predicted octanol–water partition coefficient (Wildman–Crippen LogP) is 4.27. The van der Waals surface area contributed by atoms with Crippen molar-refractivity contribution in [3.8, 4) is 0 Å². The Balaban J connectivity index is 2.09. The van der Waals surface area contributed by atoms with Crippen LogP contribution in [0.25, 0.3) is 0 Å². The molecule has 1 N–H and O–H groups in total. The number of nitrogens with zero attached hydrogens (tertiary/aromatic N) is 1. The summed E-state index contributed by atoms with van der Waals surface area (Å²) in [6.45, 7) is 2.82. The average Bonchev–Trinajstić information content (AvgIpc) is 2.32. The monoisotopic (exact) mass is 318 g/mol. The molecule has 1 atom stereocenters. The molecule has 2 nitrogen and oxygen atoms in total. The average molecular weight is 319 g/mol. The van der Waals surface area contributed by atoms with Crippen molar-refractivity contribution in [1.82, 2.24) is 10.2 Å². The van der Waals surface area contributed by atoms with Gasteiger partial charge in [0.05, 0.1) is 5.02 Å². The number of benzene rings is 1. The highest BCUT2D eigenvalue weighted by Crippen LogP contribution is 2.37. The molecule has 20 heavy (non-hydrogen) atoms. The second-order valence-electron chi connectivity index (χ2n) is 5.83. The summed E-state index contributed by atoms with van der Waals surface area (Å²) in [4.78, 5) is 2.27. The molecule has 5 heteroatoms. The Labute approximate surface area is 130 Å². The standard InChI is InChI=1S/C15H21Cl2FN2/c1-10(13-11(16)5-6-12(18)14(13)17)19-9-15(20(2)3)7-4-8-15/h5-6,10,19H,4,7-9H2,1-3H3. The quantitative estimate of drug-likeness (QED) is 0.816. The number of halogens is 3. The lowest BCUT2D eigenvalue weighted by Gasteiger charge is -2.48. The molecule has 1 aromatic carbocycles. The van der Waals surface area contributed by atoms with E-state index in [1.54, 1.807) is 6.07 Å². The summed E-state index contributed by atoms with van der Waals surface area (Å²) in [6.07, 6.45) is 3.63. The molecule has 0 aromatic heterocycles. The first-order valence-electron chi connectivity index (χ1n) is 6.91. The minimum Gasteiger partial charge on any atom is -0.308 e. The van der Waals surface area contributed by atoms with Gasteiger partial charge in [0, 0.05) is 28.7 Å². The van der Waals surface area contributed by atoms with E-state index in [-0.39, 0.29) is 16.6 Å². The van der Waals surface area contributed by atoms with Crippen LogP contribution in [-0.2, 0) is 0 Å². The van der Waals surface area contributed by atoms with E-state index in [2.05, 4.69) is 24.3 Å². The summed E-state index contributed by atoms with van der Waals surface area (Å²) in [7, 11) is 4.21. The largest absolute Gasteiger partial charge is 0.308 e. The molecule has 1 aromatic rings. The molecule has 112 valence electrons. The van der Waals surface area contributed by atoms with Gasteiger partial charge in [0.25, 0.3) is 0 Å². The Morgan fingerprint density at radius 3 is 2.50 bits per heavy atom. The first-order chi connectivity index (χ1) is 9.37. The third-order valence-corrected chi connectivity index (χ3v) is 5.20. The van der Waals surface area contributed by atoms with Crippen molar-refractivity contribution in [3.05, 3.63) is 33.6 Å². The van der Waals surface area contributed by atoms with E-state index in [1.165, 1.54) is 25.3 Å². The molecule has 0 heterocycles. The molecule has 0 radical (unpaired) electrons. The van der Waals surface area contributed by atoms with Gasteiger partial charge in [-0.15, -0.1) is 0 Å². The molecule has 1 unspecified atom stereocenters. The molecule has 2 rings (SSSR count). The second kappa shape index (κ2) is 6.18. The summed E-state index contributed by atoms with van der Waals surface area (Å²) in [5.74, 6) is -0.425. The van der Waals surface area contributed by atoms with Gasteiger partial charge in [0.15, 0.2) is 0 Å². The number of hydrogen-bond donors (Lipinski definition) is 1. The van der Waals surface area contributed by atoms with Crippen molar-refractivity contribution >= 4 is 23.2 Å². The zero-order valence-corrected chi connectivity index (χ0v) is 13.7. The number of rotatable bonds is 5. The van der Waals surface area contributed by atoms with E-state index in [4.69, 9.17) is 23.2 Å². The van der Waals surface area contributed by atoms with Gasteiger partial charge in [-0.1, -0.05) is 23.2 Å². The fourth-order valence-corrected chi connectivity index (χ4v) is 3.45. The normalized spacial score (nSPS) is 18.9. The van der Waals surface area contributed by atoms with Gasteiger partial charge >= 0.3 is 0 Å². The highest BCUT2D eigenvalue weighted by Gasteiger charge is 2.39. The summed E-state index contributed by atoms with van der Waals surface area (Å²) < 4.78 is 13.6. The SMILES string of the molecule is CC(NCC1(N(C)C)CCC1)c1c(Cl)ccc(F)c1Cl. The molecule has 1 saturated carbocycles. The highest BCUT2D eigenvalue weighted by molar-refractivity contribution is 6.36. The number of likely N-dealkylation sites (N-methyl/N-ethyl adjacent to an activating group) is 1. The Kier molecular flexibility index (Phi) is 4.96. The topological polar surface area (TPSA) is 15.3 Å². The van der Waals surface area contributed by atoms with Crippen molar-refractivity contribution in [2.24, 2.45) is 0 Å². The van der Waals surface area contributed by atoms with E-state index in [0.29, 0.717) is 10.6 Å². The highest BCUT2D eigenvalue weighted by atomic mass is 35.5. The van der Waals surface area contributed by atoms with Crippen molar-refractivity contribution in [2.75, 3.05) is 20.6 Å². The van der Waals surface area contributed by atoms with Crippen molar-refractivity contribution < 1.29 is 4.39 Å². The van der Waals surface area contributed by atoms with Gasteiger partial charge in [-0.05, 0) is 52.4 Å². The molecule has 0 amide bonds. The first kappa shape index (κ1) is 16.0. The molecule has 0 saturated heterocycles. The molecule has 1 aliphatic rings. The summed E-state index contributed by atoms with van der Waals surface area (Å²) >= 11 is 12.2. The van der Waals surface area contributed by atoms with Crippen LogP contribution >= 0.6 is 23.2 Å². The van der Waals surface area contributed by atoms with E-state index in [0.717, 1.165) is 6.54 Å². The summed E-state index contributed by atoms with van der Waals surface area (Å²) in [6, 6.07) is 2.78. The van der Waals surface area contributed by atoms with Gasteiger partial charge in [-0.3, -0.25) is 0 Å². The minimum atomic E-state index is -0.425. The van der Waals surface area contributed by atoms with Gasteiger partial charge in [0.2, 0.25) is 0 Å². The number of nitrogens with one attached hydrogen (secondary N) is 1. The van der Waals surface area contributed by atoms with Crippen molar-refractivity contribution in [1.29, 1.82) is 0 Å². The molecule has 1 aliphatic carbocycles. The van der Waals surface area contributed by atoms with Gasteiger partial charge < -0.3 is 10.2 Å². The molecular formula is C15H21Cl2FN2. The molecule has 0 spiro atoms. The number of hydrogen-bond acceptors (Lipinski definition) is 2. The van der Waals surface area contributed by atoms with E-state index in [9.17, 15) is 4.39 Å². The predicted molar refractivity (Wildman–Crippen MR) is 83.1 cm³/mol. The third-order valence-electron chi connectivity index (χ3n) is 4.48. The Hall–Kier alpha value is -0.350. The van der Waals surface area contributed by atoms with Crippen LogP contribution in [0.15, 0.2) is 12.1 Å². The molecular weight excluding hydrogens is 298 g/mol. The maximum absolute atomic E-state index is 13.6. The minimum absolute atomic E-state index is 0.0804. The Morgan fingerprint density at radius 2 is 2.00 bits per heavy atom. The maximum Gasteiger partial charge on any atom is 0.142 e. The smallest absolute Gasteiger partial charge is 0.142 e. The fraction of sp³-hybridized carbons (Fsp3) is 0.600. The lowest BCUT2D eigenvalue weighted by atomic mass is 9.75. The van der Waals surface area contributed by atoms with Crippen LogP contribution in [-0.4, -0.2) is 31.1 Å². The van der Waals surface area contributed by atoms with Crippen LogP contribution in [0, 0.1) is 5.82 Å². The summed E-state index contributed by atoms with van der Waals surface area (Å²) in [5.41, 5.74) is 0.849. The molecule has 0 bridgehead atoms. The lowest BCUT2D eigenvalue weighted by molar-refractivity contribution is 0.0576. The zero-order valence-electron chi connectivity index (χ0n) is 12.1. The Bertz CT molecular complexity index is 487. The summed E-state index contributed by atoms with van der Waals surface area (Å²) in [5, 5.41) is 4.07. The second-order valence-corrected chi connectivity index (χ2v) is 6.62. The van der Waals surface area contributed by atoms with Gasteiger partial charge in [0.1, 0.15) is 5.82 Å². The molecule has 0 aliphatic heterocycles. The van der Waals surface area contributed by atoms with E-state index in [1.807, 2.05) is 6.92 Å². The van der Waals surface area contributed by atoms with Crippen LogP contribution in [0.3, 0.4) is 0 Å². The fourth-order valence-electron chi connectivity index (χ4n) is 2.75. The maximum atomic E-state index is 13.6. The van der Waals surface area contributed by atoms with Crippen molar-refractivity contribution in [2.45, 2.75) is 37.8 Å². The van der Waals surface area contributed by atoms with Crippen LogP contribution in [0.1, 0.15) is 37.8 Å². The Morgan fingerprint density at radius 1 is 1.35 bits per heavy atom. The molecule has 1 fully saturated rings. The van der Waals surface area contributed by atoms with Crippen LogP contribution < -0.4 is 5.32 Å². The third kappa shape index (κ3) is 2.96. The van der Waals surface area contributed by atoms with Gasteiger partial charge in [-0.25, -0.2) is 4.39 Å². The van der Waals surface area contributed by atoms with Crippen LogP contribution in [0.4, 0.5) is 4.39 Å². The van der Waals surface area contributed by atoms with E-state index >= 15 is 0 Å². The van der Waals surface area contributed by atoms with Gasteiger partial charge in [-0.2, -0.15) is 0 Å². The first-order valence-corrected chi connectivity index (χ1v) is 7.67. The zero-order chi connectivity index (χ0) is 14.9. The van der Waals surface area contributed by atoms with Crippen molar-refractivity contribution in [3.63, 3.8) is 0 Å². The lowest BCUT2D eigenvalue weighted by Crippen LogP contribution is -2.56. The van der Waals surface area contributed by atoms with Crippen LogP contribution in [0.5, 0.6) is 0 Å².